The van der Waals surface area contributed by atoms with Crippen LogP contribution in [0.2, 0.25) is 0 Å². The van der Waals surface area contributed by atoms with E-state index in [0.717, 1.165) is 27.7 Å². The van der Waals surface area contributed by atoms with Gasteiger partial charge in [-0.15, -0.1) is 0 Å². The number of rotatable bonds is 5. The molecule has 1 N–H and O–H groups in total. The van der Waals surface area contributed by atoms with Crippen LogP contribution in [-0.4, -0.2) is 23.9 Å². The SMILES string of the molecule is CC[C@@H](C)Oc1ccc2ccccc2c1/C=C1\C(=O)NC(=O)N(c2ccc(C)cc2)C1=O. The number of ether oxygens (including phenoxy) is 1. The molecule has 1 atom stereocenters. The summed E-state index contributed by atoms with van der Waals surface area (Å²) in [7, 11) is 0. The van der Waals surface area contributed by atoms with Crippen LogP contribution in [-0.2, 0) is 9.59 Å². The molecule has 0 bridgehead atoms. The molecule has 1 aliphatic heterocycles. The highest BCUT2D eigenvalue weighted by Crippen LogP contribution is 2.32. The average molecular weight is 428 g/mol. The Balaban J connectivity index is 1.85. The molecule has 1 fully saturated rings. The molecule has 32 heavy (non-hydrogen) atoms. The number of barbiturate groups is 1. The van der Waals surface area contributed by atoms with Crippen molar-refractivity contribution >= 4 is 40.4 Å². The average Bonchev–Trinajstić information content (AvgIpc) is 2.78. The van der Waals surface area contributed by atoms with Crippen LogP contribution < -0.4 is 15.0 Å². The minimum atomic E-state index is -0.769. The van der Waals surface area contributed by atoms with Crippen molar-refractivity contribution in [3.05, 3.63) is 77.4 Å². The van der Waals surface area contributed by atoms with Gasteiger partial charge in [0, 0.05) is 5.56 Å². The molecule has 0 radical (unpaired) electrons. The van der Waals surface area contributed by atoms with Gasteiger partial charge in [-0.25, -0.2) is 9.69 Å². The summed E-state index contributed by atoms with van der Waals surface area (Å²) in [6, 6.07) is 17.7. The molecule has 3 aromatic carbocycles. The van der Waals surface area contributed by atoms with Gasteiger partial charge in [-0.05, 0) is 55.3 Å². The number of hydrogen-bond acceptors (Lipinski definition) is 4. The molecular formula is C26H24N2O4. The highest BCUT2D eigenvalue weighted by atomic mass is 16.5. The highest BCUT2D eigenvalue weighted by molar-refractivity contribution is 6.39. The Morgan fingerprint density at radius 3 is 2.44 bits per heavy atom. The summed E-state index contributed by atoms with van der Waals surface area (Å²) in [5.41, 5.74) is 1.88. The van der Waals surface area contributed by atoms with Gasteiger partial charge in [0.2, 0.25) is 0 Å². The third-order valence-corrected chi connectivity index (χ3v) is 5.52. The fraction of sp³-hybridized carbons (Fsp3) is 0.192. The smallest absolute Gasteiger partial charge is 0.335 e. The molecule has 162 valence electrons. The fourth-order valence-electron chi connectivity index (χ4n) is 3.56. The second-order valence-corrected chi connectivity index (χ2v) is 7.83. The Hall–Kier alpha value is -3.93. The normalized spacial score (nSPS) is 16.4. The van der Waals surface area contributed by atoms with Crippen molar-refractivity contribution in [2.45, 2.75) is 33.3 Å². The summed E-state index contributed by atoms with van der Waals surface area (Å²) < 4.78 is 6.09. The van der Waals surface area contributed by atoms with Crippen LogP contribution in [0.4, 0.5) is 10.5 Å². The molecule has 0 spiro atoms. The van der Waals surface area contributed by atoms with E-state index in [-0.39, 0.29) is 11.7 Å². The first-order valence-corrected chi connectivity index (χ1v) is 10.6. The number of anilines is 1. The zero-order valence-corrected chi connectivity index (χ0v) is 18.2. The largest absolute Gasteiger partial charge is 0.490 e. The van der Waals surface area contributed by atoms with Crippen molar-refractivity contribution in [1.82, 2.24) is 5.32 Å². The predicted molar refractivity (Wildman–Crippen MR) is 125 cm³/mol. The van der Waals surface area contributed by atoms with E-state index in [1.807, 2.05) is 57.2 Å². The molecule has 0 aliphatic carbocycles. The first kappa shape index (κ1) is 21.3. The molecular weight excluding hydrogens is 404 g/mol. The molecule has 6 nitrogen and oxygen atoms in total. The lowest BCUT2D eigenvalue weighted by Gasteiger charge is -2.26. The molecule has 4 rings (SSSR count). The Morgan fingerprint density at radius 1 is 1.00 bits per heavy atom. The van der Waals surface area contributed by atoms with E-state index >= 15 is 0 Å². The first-order valence-electron chi connectivity index (χ1n) is 10.6. The van der Waals surface area contributed by atoms with Gasteiger partial charge in [0.15, 0.2) is 0 Å². The number of fused-ring (bicyclic) bond motifs is 1. The lowest BCUT2D eigenvalue weighted by Crippen LogP contribution is -2.54. The standard InChI is InChI=1S/C26H24N2O4/c1-4-17(3)32-23-14-11-18-7-5-6-8-20(18)21(23)15-22-24(29)27-26(31)28(25(22)30)19-12-9-16(2)10-13-19/h5-15,17H,4H2,1-3H3,(H,27,29,31)/b22-15+/t17-/m1/s1. The van der Waals surface area contributed by atoms with Gasteiger partial charge in [0.25, 0.3) is 11.8 Å². The maximum atomic E-state index is 13.3. The van der Waals surface area contributed by atoms with Gasteiger partial charge in [0.05, 0.1) is 11.8 Å². The second-order valence-electron chi connectivity index (χ2n) is 7.83. The van der Waals surface area contributed by atoms with E-state index in [9.17, 15) is 14.4 Å². The Morgan fingerprint density at radius 2 is 1.72 bits per heavy atom. The topological polar surface area (TPSA) is 75.7 Å². The molecule has 0 unspecified atom stereocenters. The van der Waals surface area contributed by atoms with Crippen LogP contribution in [0.3, 0.4) is 0 Å². The summed E-state index contributed by atoms with van der Waals surface area (Å²) in [6.07, 6.45) is 2.28. The summed E-state index contributed by atoms with van der Waals surface area (Å²) in [4.78, 5) is 39.4. The van der Waals surface area contributed by atoms with E-state index in [0.29, 0.717) is 17.0 Å². The molecule has 0 aromatic heterocycles. The van der Waals surface area contributed by atoms with Crippen LogP contribution >= 0.6 is 0 Å². The zero-order valence-electron chi connectivity index (χ0n) is 18.2. The van der Waals surface area contributed by atoms with Crippen LogP contribution in [0.25, 0.3) is 16.8 Å². The summed E-state index contributed by atoms with van der Waals surface area (Å²) in [5.74, 6) is -0.833. The molecule has 1 saturated heterocycles. The van der Waals surface area contributed by atoms with E-state index in [2.05, 4.69) is 5.32 Å². The van der Waals surface area contributed by atoms with Crippen LogP contribution in [0.5, 0.6) is 5.75 Å². The number of carbonyl (C=O) groups excluding carboxylic acids is 3. The van der Waals surface area contributed by atoms with Gasteiger partial charge in [-0.2, -0.15) is 0 Å². The van der Waals surface area contributed by atoms with E-state index in [4.69, 9.17) is 4.74 Å². The van der Waals surface area contributed by atoms with E-state index in [1.54, 1.807) is 24.3 Å². The number of amides is 4. The minimum Gasteiger partial charge on any atom is -0.490 e. The number of nitrogens with zero attached hydrogens (tertiary/aromatic N) is 1. The molecule has 0 saturated carbocycles. The lowest BCUT2D eigenvalue weighted by molar-refractivity contribution is -0.122. The highest BCUT2D eigenvalue weighted by Gasteiger charge is 2.37. The number of benzene rings is 3. The van der Waals surface area contributed by atoms with Crippen molar-refractivity contribution in [2.75, 3.05) is 4.90 Å². The van der Waals surface area contributed by atoms with Crippen LogP contribution in [0, 0.1) is 6.92 Å². The maximum absolute atomic E-state index is 13.3. The Bertz CT molecular complexity index is 1240. The second kappa shape index (κ2) is 8.67. The Kier molecular flexibility index (Phi) is 5.77. The van der Waals surface area contributed by atoms with Crippen molar-refractivity contribution in [3.8, 4) is 5.75 Å². The van der Waals surface area contributed by atoms with E-state index in [1.165, 1.54) is 6.08 Å². The summed E-state index contributed by atoms with van der Waals surface area (Å²) >= 11 is 0. The van der Waals surface area contributed by atoms with Crippen molar-refractivity contribution < 1.29 is 19.1 Å². The molecule has 6 heteroatoms. The van der Waals surface area contributed by atoms with Gasteiger partial charge < -0.3 is 4.74 Å². The zero-order chi connectivity index (χ0) is 22.8. The summed E-state index contributed by atoms with van der Waals surface area (Å²) in [6.45, 7) is 5.89. The maximum Gasteiger partial charge on any atom is 0.335 e. The van der Waals surface area contributed by atoms with Gasteiger partial charge >= 0.3 is 6.03 Å². The number of carbonyl (C=O) groups is 3. The van der Waals surface area contributed by atoms with Crippen molar-refractivity contribution in [2.24, 2.45) is 0 Å². The van der Waals surface area contributed by atoms with E-state index < -0.39 is 17.8 Å². The molecule has 4 amide bonds. The van der Waals surface area contributed by atoms with Gasteiger partial charge in [-0.3, -0.25) is 14.9 Å². The molecule has 1 heterocycles. The third kappa shape index (κ3) is 3.99. The lowest BCUT2D eigenvalue weighted by atomic mass is 9.99. The number of urea groups is 1. The quantitative estimate of drug-likeness (QED) is 0.459. The fourth-order valence-corrected chi connectivity index (χ4v) is 3.56. The van der Waals surface area contributed by atoms with Gasteiger partial charge in [0.1, 0.15) is 11.3 Å². The van der Waals surface area contributed by atoms with Crippen molar-refractivity contribution in [1.29, 1.82) is 0 Å². The predicted octanol–water partition coefficient (Wildman–Crippen LogP) is 4.99. The third-order valence-electron chi connectivity index (χ3n) is 5.52. The van der Waals surface area contributed by atoms with Crippen LogP contribution in [0.15, 0.2) is 66.2 Å². The molecule has 3 aromatic rings. The number of imide groups is 2. The molecule has 1 aliphatic rings. The monoisotopic (exact) mass is 428 g/mol. The number of aryl methyl sites for hydroxylation is 1. The van der Waals surface area contributed by atoms with Crippen molar-refractivity contribution in [3.63, 3.8) is 0 Å². The van der Waals surface area contributed by atoms with Crippen LogP contribution in [0.1, 0.15) is 31.4 Å². The Labute approximate surface area is 186 Å². The summed E-state index contributed by atoms with van der Waals surface area (Å²) in [5, 5.41) is 4.08. The number of hydrogen-bond donors (Lipinski definition) is 1. The minimum absolute atomic E-state index is 0.0465. The first-order chi connectivity index (χ1) is 15.4. The van der Waals surface area contributed by atoms with Gasteiger partial charge in [-0.1, -0.05) is 55.0 Å². The number of nitrogens with one attached hydrogen (secondary N) is 1.